The Morgan fingerprint density at radius 1 is 1.26 bits per heavy atom. The average Bonchev–Trinajstić information content (AvgIpc) is 3.51. The second kappa shape index (κ2) is 11.5. The van der Waals surface area contributed by atoms with Gasteiger partial charge in [-0.1, -0.05) is 13.0 Å². The van der Waals surface area contributed by atoms with Crippen LogP contribution in [0.15, 0.2) is 24.3 Å². The zero-order valence-electron chi connectivity index (χ0n) is 24.1. The Morgan fingerprint density at radius 3 is 2.93 bits per heavy atom. The first-order chi connectivity index (χ1) is 20.3. The van der Waals surface area contributed by atoms with Crippen LogP contribution in [0.5, 0.6) is 11.8 Å². The number of hydrogen-bond donors (Lipinski definition) is 2. The molecule has 0 unspecified atom stereocenters. The van der Waals surface area contributed by atoms with E-state index in [1.165, 1.54) is 13.2 Å². The summed E-state index contributed by atoms with van der Waals surface area (Å²) in [5, 5.41) is 15.4. The van der Waals surface area contributed by atoms with Gasteiger partial charge in [0.1, 0.15) is 30.2 Å². The van der Waals surface area contributed by atoms with Crippen molar-refractivity contribution < 1.29 is 28.2 Å². The van der Waals surface area contributed by atoms with E-state index >= 15 is 0 Å². The number of halogens is 2. The van der Waals surface area contributed by atoms with E-state index in [0.29, 0.717) is 63.4 Å². The van der Waals surface area contributed by atoms with Crippen molar-refractivity contribution in [3.63, 3.8) is 0 Å². The first-order valence-corrected chi connectivity index (χ1v) is 14.7. The maximum Gasteiger partial charge on any atom is 0.318 e. The number of carbonyl (C=O) groups is 1. The Morgan fingerprint density at radius 2 is 2.12 bits per heavy atom. The number of hydrogen-bond acceptors (Lipinski definition) is 9. The number of rotatable bonds is 9. The molecule has 9 nitrogen and oxygen atoms in total. The smallest absolute Gasteiger partial charge is 0.318 e. The summed E-state index contributed by atoms with van der Waals surface area (Å²) in [5.41, 5.74) is 2.67. The van der Waals surface area contributed by atoms with Crippen molar-refractivity contribution in [1.82, 2.24) is 14.9 Å². The van der Waals surface area contributed by atoms with Gasteiger partial charge in [0.2, 0.25) is 0 Å². The Kier molecular flexibility index (Phi) is 7.78. The van der Waals surface area contributed by atoms with Gasteiger partial charge in [0.25, 0.3) is 0 Å². The number of fused-ring (bicyclic) bond motifs is 3. The number of aryl methyl sites for hydroxylation is 1. The molecule has 2 N–H and O–H groups in total. The van der Waals surface area contributed by atoms with Crippen LogP contribution in [0.4, 0.5) is 20.3 Å². The molecule has 0 saturated carbocycles. The molecule has 3 aliphatic rings. The highest BCUT2D eigenvalue weighted by atomic mass is 19.1. The lowest BCUT2D eigenvalue weighted by Crippen LogP contribution is -2.43. The second-order valence-corrected chi connectivity index (χ2v) is 11.5. The lowest BCUT2D eigenvalue weighted by Gasteiger charge is -2.33. The van der Waals surface area contributed by atoms with Crippen LogP contribution >= 0.6 is 0 Å². The minimum Gasteiger partial charge on any atom is -0.508 e. The van der Waals surface area contributed by atoms with Crippen molar-refractivity contribution in [1.29, 1.82) is 0 Å². The van der Waals surface area contributed by atoms with Gasteiger partial charge in [-0.2, -0.15) is 9.97 Å². The quantitative estimate of drug-likeness (QED) is 0.353. The van der Waals surface area contributed by atoms with E-state index in [0.717, 1.165) is 47.1 Å². The third-order valence-electron chi connectivity index (χ3n) is 8.95. The molecule has 42 heavy (non-hydrogen) atoms. The van der Waals surface area contributed by atoms with Crippen molar-refractivity contribution in [2.75, 3.05) is 50.1 Å². The fourth-order valence-electron chi connectivity index (χ4n) is 6.93. The number of aromatic nitrogens is 2. The van der Waals surface area contributed by atoms with E-state index in [-0.39, 0.29) is 35.5 Å². The molecule has 3 aromatic rings. The van der Waals surface area contributed by atoms with Crippen LogP contribution in [0.1, 0.15) is 49.4 Å². The number of phenolic OH excluding ortho intramolecular Hbond substituents is 1. The van der Waals surface area contributed by atoms with Crippen molar-refractivity contribution in [2.45, 2.75) is 63.7 Å². The predicted octanol–water partition coefficient (Wildman–Crippen LogP) is 4.53. The molecule has 0 bridgehead atoms. The van der Waals surface area contributed by atoms with Crippen molar-refractivity contribution in [3.05, 3.63) is 46.9 Å². The number of carbonyl (C=O) groups excluding carboxylic acids is 1. The van der Waals surface area contributed by atoms with Gasteiger partial charge < -0.3 is 24.8 Å². The third-order valence-corrected chi connectivity index (χ3v) is 8.95. The average molecular weight is 582 g/mol. The van der Waals surface area contributed by atoms with Gasteiger partial charge in [-0.25, -0.2) is 8.78 Å². The maximum atomic E-state index is 14.9. The normalized spacial score (nSPS) is 21.8. The van der Waals surface area contributed by atoms with Crippen molar-refractivity contribution in [3.8, 4) is 11.8 Å². The molecule has 0 radical (unpaired) electrons. The van der Waals surface area contributed by atoms with Gasteiger partial charge in [-0.05, 0) is 55.3 Å². The summed E-state index contributed by atoms with van der Waals surface area (Å²) in [5.74, 6) is 0.101. The number of ether oxygens (including phenoxy) is 2. The van der Waals surface area contributed by atoms with E-state index in [1.54, 1.807) is 18.2 Å². The topological polar surface area (TPSA) is 100 Å². The molecule has 0 amide bonds. The van der Waals surface area contributed by atoms with E-state index in [2.05, 4.69) is 20.1 Å². The molecular formula is C31H37F2N5O4. The van der Waals surface area contributed by atoms with Crippen LogP contribution in [0.3, 0.4) is 0 Å². The largest absolute Gasteiger partial charge is 0.508 e. The fraction of sp³-hybridized carbons (Fsp3) is 0.516. The van der Waals surface area contributed by atoms with Crippen LogP contribution in [-0.4, -0.2) is 77.6 Å². The molecule has 2 atom stereocenters. The van der Waals surface area contributed by atoms with Crippen molar-refractivity contribution in [2.24, 2.45) is 0 Å². The van der Waals surface area contributed by atoms with E-state index in [1.807, 2.05) is 6.92 Å². The number of nitrogens with zero attached hydrogens (tertiary/aromatic N) is 4. The molecule has 0 aliphatic carbocycles. The summed E-state index contributed by atoms with van der Waals surface area (Å²) < 4.78 is 40.2. The first-order valence-electron chi connectivity index (χ1n) is 14.7. The van der Waals surface area contributed by atoms with Crippen LogP contribution in [0.2, 0.25) is 0 Å². The number of benzene rings is 2. The van der Waals surface area contributed by atoms with Gasteiger partial charge in [-0.3, -0.25) is 9.69 Å². The van der Waals surface area contributed by atoms with Gasteiger partial charge in [0.05, 0.1) is 31.3 Å². The predicted molar refractivity (Wildman–Crippen MR) is 155 cm³/mol. The minimum atomic E-state index is -0.864. The van der Waals surface area contributed by atoms with Crippen LogP contribution in [0, 0.1) is 5.82 Å². The Hall–Kier alpha value is -3.73. The molecule has 0 spiro atoms. The van der Waals surface area contributed by atoms with Gasteiger partial charge in [0.15, 0.2) is 0 Å². The summed E-state index contributed by atoms with van der Waals surface area (Å²) in [6.45, 7) is 4.83. The number of nitrogens with one attached hydrogen (secondary N) is 1. The molecule has 2 saturated heterocycles. The zero-order chi connectivity index (χ0) is 29.4. The number of methoxy groups -OCH3 is 1. The monoisotopic (exact) mass is 581 g/mol. The van der Waals surface area contributed by atoms with Crippen LogP contribution in [-0.2, 0) is 28.9 Å². The number of aromatic hydroxyl groups is 1. The Balaban J connectivity index is 1.33. The Labute approximate surface area is 243 Å². The molecule has 3 aliphatic heterocycles. The number of esters is 1. The third kappa shape index (κ3) is 5.30. The highest BCUT2D eigenvalue weighted by molar-refractivity contribution is 5.98. The molecule has 6 rings (SSSR count). The van der Waals surface area contributed by atoms with Crippen LogP contribution in [0.25, 0.3) is 10.8 Å². The minimum absolute atomic E-state index is 0.108. The summed E-state index contributed by atoms with van der Waals surface area (Å²) in [4.78, 5) is 25.5. The Bertz CT molecular complexity index is 1500. The molecule has 224 valence electrons. The fourth-order valence-corrected chi connectivity index (χ4v) is 6.93. The number of alkyl halides is 1. The number of phenols is 1. The van der Waals surface area contributed by atoms with Gasteiger partial charge in [-0.15, -0.1) is 0 Å². The summed E-state index contributed by atoms with van der Waals surface area (Å²) in [6, 6.07) is 6.67. The second-order valence-electron chi connectivity index (χ2n) is 11.5. The summed E-state index contributed by atoms with van der Waals surface area (Å²) >= 11 is 0. The molecule has 4 heterocycles. The maximum absolute atomic E-state index is 14.9. The van der Waals surface area contributed by atoms with Gasteiger partial charge in [0, 0.05) is 48.8 Å². The highest BCUT2D eigenvalue weighted by Crippen LogP contribution is 2.41. The van der Waals surface area contributed by atoms with Crippen molar-refractivity contribution >= 4 is 28.2 Å². The molecular weight excluding hydrogens is 544 g/mol. The summed E-state index contributed by atoms with van der Waals surface area (Å²) in [6.07, 6.45) is 2.73. The van der Waals surface area contributed by atoms with Gasteiger partial charge >= 0.3 is 12.0 Å². The standard InChI is InChI=1S/C31H37F2N5O4/c1-3-22-24(33)6-5-19-13-21(39)14-26(28(19)22)37-12-8-23-25(17-37)35-30(36-29(23)34-10-7-27(40)41-2)42-18-31-9-4-11-38(31)16-20(32)15-31/h5-6,13-14,20,39H,3-4,7-12,15-18H2,1-2H3,(H,34,35,36)/t20-,31+/m1/s1. The molecule has 2 aromatic carbocycles. The lowest BCUT2D eigenvalue weighted by molar-refractivity contribution is -0.140. The van der Waals surface area contributed by atoms with E-state index in [9.17, 15) is 18.7 Å². The first kappa shape index (κ1) is 28.4. The van der Waals surface area contributed by atoms with E-state index in [4.69, 9.17) is 14.5 Å². The zero-order valence-corrected chi connectivity index (χ0v) is 24.1. The molecule has 11 heteroatoms. The molecule has 2 fully saturated rings. The lowest BCUT2D eigenvalue weighted by atomic mass is 9.95. The van der Waals surface area contributed by atoms with Crippen LogP contribution < -0.4 is 15.0 Å². The number of anilines is 2. The molecule has 1 aromatic heterocycles. The highest BCUT2D eigenvalue weighted by Gasteiger charge is 2.49. The summed E-state index contributed by atoms with van der Waals surface area (Å²) in [7, 11) is 1.35. The SMILES string of the molecule is CCc1c(F)ccc2cc(O)cc(N3CCc4c(nc(OC[C@@]56CCCN5C[C@H](F)C6)nc4NCCC(=O)OC)C3)c12. The van der Waals surface area contributed by atoms with E-state index < -0.39 is 6.17 Å².